The van der Waals surface area contributed by atoms with Crippen molar-refractivity contribution in [2.45, 2.75) is 25.2 Å². The number of allylic oxidation sites excluding steroid dienone is 3. The number of benzene rings is 2. The molecule has 2 aromatic rings. The summed E-state index contributed by atoms with van der Waals surface area (Å²) in [5.41, 5.74) is 5.32. The van der Waals surface area contributed by atoms with Crippen LogP contribution in [0.25, 0.3) is 5.70 Å². The van der Waals surface area contributed by atoms with E-state index in [0.717, 1.165) is 40.9 Å². The molecular formula is C21H18ClNO. The third-order valence-electron chi connectivity index (χ3n) is 4.70. The van der Waals surface area contributed by atoms with E-state index in [1.54, 1.807) is 0 Å². The Labute approximate surface area is 146 Å². The zero-order valence-electron chi connectivity index (χ0n) is 13.3. The first-order valence-corrected chi connectivity index (χ1v) is 8.66. The van der Waals surface area contributed by atoms with Crippen LogP contribution in [0.15, 0.2) is 71.9 Å². The molecule has 1 aliphatic carbocycles. The van der Waals surface area contributed by atoms with Crippen molar-refractivity contribution in [1.29, 1.82) is 0 Å². The van der Waals surface area contributed by atoms with Gasteiger partial charge in [0.25, 0.3) is 0 Å². The molecule has 1 aliphatic heterocycles. The number of carbonyl (C=O) groups is 1. The minimum Gasteiger partial charge on any atom is -0.358 e. The maximum atomic E-state index is 12.6. The number of Topliss-reactive ketones (excluding diaryl/α,β-unsaturated/α-hetero) is 1. The molecule has 24 heavy (non-hydrogen) atoms. The number of hydrogen-bond acceptors (Lipinski definition) is 2. The van der Waals surface area contributed by atoms with E-state index in [1.807, 2.05) is 42.5 Å². The van der Waals surface area contributed by atoms with Gasteiger partial charge in [0.15, 0.2) is 5.78 Å². The Morgan fingerprint density at radius 3 is 2.46 bits per heavy atom. The summed E-state index contributed by atoms with van der Waals surface area (Å²) >= 11 is 6.03. The third-order valence-corrected chi connectivity index (χ3v) is 4.95. The van der Waals surface area contributed by atoms with Gasteiger partial charge < -0.3 is 5.32 Å². The lowest BCUT2D eigenvalue weighted by atomic mass is 9.79. The number of halogens is 1. The standard InChI is InChI=1S/C21H18ClNO/c22-16-11-9-14(10-12-16)17-13-19(15-5-2-1-3-6-15)23-18-7-4-8-20(24)21(17)18/h1-3,5-6,9-13,17,23H,4,7-8H2. The van der Waals surface area contributed by atoms with Gasteiger partial charge in [-0.05, 0) is 42.2 Å². The fourth-order valence-corrected chi connectivity index (χ4v) is 3.65. The predicted molar refractivity (Wildman–Crippen MR) is 97.6 cm³/mol. The highest BCUT2D eigenvalue weighted by atomic mass is 35.5. The maximum Gasteiger partial charge on any atom is 0.161 e. The minimum absolute atomic E-state index is 0.0125. The highest BCUT2D eigenvalue weighted by Gasteiger charge is 2.31. The molecular weight excluding hydrogens is 318 g/mol. The van der Waals surface area contributed by atoms with E-state index in [2.05, 4.69) is 23.5 Å². The molecule has 0 saturated carbocycles. The first-order valence-electron chi connectivity index (χ1n) is 8.28. The van der Waals surface area contributed by atoms with Crippen molar-refractivity contribution in [1.82, 2.24) is 5.32 Å². The molecule has 0 fully saturated rings. The summed E-state index contributed by atoms with van der Waals surface area (Å²) in [6, 6.07) is 18.1. The van der Waals surface area contributed by atoms with Crippen molar-refractivity contribution >= 4 is 23.1 Å². The highest BCUT2D eigenvalue weighted by Crippen LogP contribution is 2.39. The largest absolute Gasteiger partial charge is 0.358 e. The molecule has 3 heteroatoms. The van der Waals surface area contributed by atoms with E-state index in [-0.39, 0.29) is 11.7 Å². The molecule has 2 nitrogen and oxygen atoms in total. The normalized spacial score (nSPS) is 20.3. The molecule has 0 bridgehead atoms. The molecule has 1 N–H and O–H groups in total. The van der Waals surface area contributed by atoms with Crippen LogP contribution in [0, 0.1) is 0 Å². The van der Waals surface area contributed by atoms with Crippen LogP contribution >= 0.6 is 11.6 Å². The monoisotopic (exact) mass is 335 g/mol. The van der Waals surface area contributed by atoms with Gasteiger partial charge in [-0.2, -0.15) is 0 Å². The molecule has 1 heterocycles. The van der Waals surface area contributed by atoms with Gasteiger partial charge in [0.1, 0.15) is 0 Å². The van der Waals surface area contributed by atoms with Gasteiger partial charge in [-0.25, -0.2) is 0 Å². The molecule has 0 saturated heterocycles. The number of nitrogens with one attached hydrogen (secondary N) is 1. The van der Waals surface area contributed by atoms with Gasteiger partial charge in [0.2, 0.25) is 0 Å². The first kappa shape index (κ1) is 15.2. The number of carbonyl (C=O) groups excluding carboxylic acids is 1. The van der Waals surface area contributed by atoms with Crippen LogP contribution in [0.5, 0.6) is 0 Å². The van der Waals surface area contributed by atoms with Gasteiger partial charge in [-0.15, -0.1) is 0 Å². The van der Waals surface area contributed by atoms with Crippen molar-refractivity contribution in [3.8, 4) is 0 Å². The lowest BCUT2D eigenvalue weighted by Crippen LogP contribution is -2.28. The Balaban J connectivity index is 1.82. The van der Waals surface area contributed by atoms with Crippen molar-refractivity contribution in [2.75, 3.05) is 0 Å². The van der Waals surface area contributed by atoms with Crippen LogP contribution < -0.4 is 5.32 Å². The van der Waals surface area contributed by atoms with E-state index < -0.39 is 0 Å². The van der Waals surface area contributed by atoms with Gasteiger partial charge >= 0.3 is 0 Å². The van der Waals surface area contributed by atoms with Crippen molar-refractivity contribution in [2.24, 2.45) is 0 Å². The summed E-state index contributed by atoms with van der Waals surface area (Å²) < 4.78 is 0. The van der Waals surface area contributed by atoms with Crippen LogP contribution in [0.4, 0.5) is 0 Å². The second-order valence-electron chi connectivity index (χ2n) is 6.27. The summed E-state index contributed by atoms with van der Waals surface area (Å²) in [7, 11) is 0. The Morgan fingerprint density at radius 1 is 0.958 bits per heavy atom. The zero-order valence-corrected chi connectivity index (χ0v) is 14.0. The van der Waals surface area contributed by atoms with Crippen LogP contribution in [-0.4, -0.2) is 5.78 Å². The first-order chi connectivity index (χ1) is 11.7. The summed E-state index contributed by atoms with van der Waals surface area (Å²) in [4.78, 5) is 12.6. The molecule has 2 aliphatic rings. The van der Waals surface area contributed by atoms with Crippen LogP contribution in [-0.2, 0) is 4.79 Å². The van der Waals surface area contributed by atoms with E-state index in [4.69, 9.17) is 11.6 Å². The van der Waals surface area contributed by atoms with Crippen molar-refractivity contribution in [3.63, 3.8) is 0 Å². The van der Waals surface area contributed by atoms with Gasteiger partial charge in [-0.3, -0.25) is 4.79 Å². The number of hydrogen-bond donors (Lipinski definition) is 1. The van der Waals surface area contributed by atoms with Crippen LogP contribution in [0.1, 0.15) is 36.3 Å². The number of ketones is 1. The molecule has 4 rings (SSSR count). The van der Waals surface area contributed by atoms with Crippen LogP contribution in [0.2, 0.25) is 5.02 Å². The Kier molecular flexibility index (Phi) is 3.99. The van der Waals surface area contributed by atoms with E-state index in [0.29, 0.717) is 11.4 Å². The third kappa shape index (κ3) is 2.78. The zero-order chi connectivity index (χ0) is 16.5. The summed E-state index contributed by atoms with van der Waals surface area (Å²) in [5, 5.41) is 4.22. The highest BCUT2D eigenvalue weighted by molar-refractivity contribution is 6.30. The van der Waals surface area contributed by atoms with Gasteiger partial charge in [-0.1, -0.05) is 54.1 Å². The molecule has 1 atom stereocenters. The SMILES string of the molecule is O=C1CCCC2=C1C(c1ccc(Cl)cc1)C=C(c1ccccc1)N2. The van der Waals surface area contributed by atoms with Gasteiger partial charge in [0.05, 0.1) is 0 Å². The Hall–Kier alpha value is -2.32. The molecule has 0 radical (unpaired) electrons. The topological polar surface area (TPSA) is 29.1 Å². The van der Waals surface area contributed by atoms with Crippen molar-refractivity contribution < 1.29 is 4.79 Å². The smallest absolute Gasteiger partial charge is 0.161 e. The Bertz CT molecular complexity index is 834. The predicted octanol–water partition coefficient (Wildman–Crippen LogP) is 5.08. The summed E-state index contributed by atoms with van der Waals surface area (Å²) in [5.74, 6) is 0.244. The summed E-state index contributed by atoms with van der Waals surface area (Å²) in [6.45, 7) is 0. The molecule has 0 amide bonds. The quantitative estimate of drug-likeness (QED) is 0.829. The molecule has 120 valence electrons. The average molecular weight is 336 g/mol. The minimum atomic E-state index is -0.0125. The second-order valence-corrected chi connectivity index (χ2v) is 6.71. The second kappa shape index (κ2) is 6.29. The number of rotatable bonds is 2. The lowest BCUT2D eigenvalue weighted by Gasteiger charge is -2.31. The van der Waals surface area contributed by atoms with E-state index in [1.165, 1.54) is 0 Å². The molecule has 0 spiro atoms. The maximum absolute atomic E-state index is 12.6. The fourth-order valence-electron chi connectivity index (χ4n) is 3.53. The summed E-state index contributed by atoms with van der Waals surface area (Å²) in [6.07, 6.45) is 4.65. The fraction of sp³-hybridized carbons (Fsp3) is 0.190. The number of dihydropyridines is 1. The lowest BCUT2D eigenvalue weighted by molar-refractivity contribution is -0.116. The molecule has 2 aromatic carbocycles. The molecule has 0 aromatic heterocycles. The molecule has 1 unspecified atom stereocenters. The average Bonchev–Trinajstić information content (AvgIpc) is 2.62. The van der Waals surface area contributed by atoms with Crippen LogP contribution in [0.3, 0.4) is 0 Å². The van der Waals surface area contributed by atoms with E-state index >= 15 is 0 Å². The Morgan fingerprint density at radius 2 is 1.71 bits per heavy atom. The van der Waals surface area contributed by atoms with Crippen molar-refractivity contribution in [3.05, 3.63) is 88.1 Å². The van der Waals surface area contributed by atoms with E-state index in [9.17, 15) is 4.79 Å². The van der Waals surface area contributed by atoms with Gasteiger partial charge in [0, 0.05) is 34.3 Å².